The van der Waals surface area contributed by atoms with Crippen LogP contribution in [0.3, 0.4) is 0 Å². The van der Waals surface area contributed by atoms with Crippen LogP contribution in [-0.4, -0.2) is 15.8 Å². The van der Waals surface area contributed by atoms with E-state index in [-0.39, 0.29) is 5.69 Å². The molecule has 2 rings (SSSR count). The summed E-state index contributed by atoms with van der Waals surface area (Å²) in [5.74, 6) is -0.141. The summed E-state index contributed by atoms with van der Waals surface area (Å²) in [7, 11) is 1.65. The number of carbonyl (C=O) groups excluding carboxylic acids is 1. The highest BCUT2D eigenvalue weighted by Crippen LogP contribution is 2.21. The first-order valence-corrected chi connectivity index (χ1v) is 5.60. The molecule has 6 nitrogen and oxygen atoms in total. The third-order valence-corrected chi connectivity index (χ3v) is 2.62. The smallest absolute Gasteiger partial charge is 0.324 e. The number of aryl methyl sites for hydroxylation is 2. The van der Waals surface area contributed by atoms with E-state index in [1.54, 1.807) is 26.1 Å². The zero-order valence-electron chi connectivity index (χ0n) is 10.6. The highest BCUT2D eigenvalue weighted by atomic mass is 19.1. The van der Waals surface area contributed by atoms with Crippen LogP contribution in [0.15, 0.2) is 24.3 Å². The molecule has 1 heterocycles. The molecule has 7 heteroatoms. The SMILES string of the molecule is Cc1nn(C)c(NC(=O)Nc2ccccc2F)c1N. The van der Waals surface area contributed by atoms with Crippen molar-refractivity contribution in [2.45, 2.75) is 6.92 Å². The van der Waals surface area contributed by atoms with E-state index in [0.29, 0.717) is 17.2 Å². The number of para-hydroxylation sites is 1. The van der Waals surface area contributed by atoms with Gasteiger partial charge in [-0.15, -0.1) is 0 Å². The van der Waals surface area contributed by atoms with Gasteiger partial charge in [0.15, 0.2) is 5.82 Å². The fraction of sp³-hybridized carbons (Fsp3) is 0.167. The monoisotopic (exact) mass is 263 g/mol. The van der Waals surface area contributed by atoms with Gasteiger partial charge in [-0.05, 0) is 19.1 Å². The van der Waals surface area contributed by atoms with Crippen LogP contribution in [0.1, 0.15) is 5.69 Å². The molecular formula is C12H14FN5O. The van der Waals surface area contributed by atoms with E-state index >= 15 is 0 Å². The Morgan fingerprint density at radius 3 is 2.63 bits per heavy atom. The van der Waals surface area contributed by atoms with E-state index in [9.17, 15) is 9.18 Å². The highest BCUT2D eigenvalue weighted by Gasteiger charge is 2.13. The van der Waals surface area contributed by atoms with Crippen molar-refractivity contribution < 1.29 is 9.18 Å². The molecule has 2 amide bonds. The number of nitrogens with zero attached hydrogens (tertiary/aromatic N) is 2. The highest BCUT2D eigenvalue weighted by molar-refractivity contribution is 6.01. The van der Waals surface area contributed by atoms with E-state index in [2.05, 4.69) is 15.7 Å². The Morgan fingerprint density at radius 1 is 1.37 bits per heavy atom. The van der Waals surface area contributed by atoms with Crippen molar-refractivity contribution in [3.05, 3.63) is 35.8 Å². The molecule has 0 fully saturated rings. The summed E-state index contributed by atoms with van der Waals surface area (Å²) in [4.78, 5) is 11.8. The van der Waals surface area contributed by atoms with E-state index in [1.165, 1.54) is 16.8 Å². The van der Waals surface area contributed by atoms with Crippen LogP contribution < -0.4 is 16.4 Å². The summed E-state index contributed by atoms with van der Waals surface area (Å²) >= 11 is 0. The predicted molar refractivity (Wildman–Crippen MR) is 71.4 cm³/mol. The lowest BCUT2D eigenvalue weighted by molar-refractivity contribution is 0.262. The van der Waals surface area contributed by atoms with Crippen LogP contribution in [-0.2, 0) is 7.05 Å². The predicted octanol–water partition coefficient (Wildman–Crippen LogP) is 2.09. The van der Waals surface area contributed by atoms with E-state index in [4.69, 9.17) is 5.73 Å². The molecule has 2 aromatic rings. The second-order valence-electron chi connectivity index (χ2n) is 4.03. The molecule has 0 aliphatic carbocycles. The normalized spacial score (nSPS) is 10.3. The van der Waals surface area contributed by atoms with Gasteiger partial charge in [0.1, 0.15) is 5.82 Å². The van der Waals surface area contributed by atoms with Crippen LogP contribution in [0, 0.1) is 12.7 Å². The maximum atomic E-state index is 13.4. The Morgan fingerprint density at radius 2 is 2.05 bits per heavy atom. The largest absolute Gasteiger partial charge is 0.394 e. The van der Waals surface area contributed by atoms with Gasteiger partial charge in [0, 0.05) is 7.05 Å². The number of hydrogen-bond acceptors (Lipinski definition) is 3. The second-order valence-corrected chi connectivity index (χ2v) is 4.03. The Hall–Kier alpha value is -2.57. The van der Waals surface area contributed by atoms with Crippen LogP contribution in [0.25, 0.3) is 0 Å². The van der Waals surface area contributed by atoms with Gasteiger partial charge in [-0.2, -0.15) is 5.10 Å². The number of benzene rings is 1. The Bertz CT molecular complexity index is 623. The minimum atomic E-state index is -0.584. The third-order valence-electron chi connectivity index (χ3n) is 2.62. The molecule has 0 saturated carbocycles. The topological polar surface area (TPSA) is 85.0 Å². The molecule has 0 spiro atoms. The van der Waals surface area contributed by atoms with E-state index in [1.807, 2.05) is 0 Å². The first-order chi connectivity index (χ1) is 8.99. The van der Waals surface area contributed by atoms with Crippen molar-refractivity contribution in [2.75, 3.05) is 16.4 Å². The van der Waals surface area contributed by atoms with Crippen LogP contribution in [0.5, 0.6) is 0 Å². The van der Waals surface area contributed by atoms with Crippen LogP contribution >= 0.6 is 0 Å². The molecule has 100 valence electrons. The Kier molecular flexibility index (Phi) is 3.37. The van der Waals surface area contributed by atoms with Crippen molar-refractivity contribution in [2.24, 2.45) is 7.05 Å². The van der Waals surface area contributed by atoms with Gasteiger partial charge >= 0.3 is 6.03 Å². The van der Waals surface area contributed by atoms with E-state index in [0.717, 1.165) is 0 Å². The fourth-order valence-electron chi connectivity index (χ4n) is 1.65. The second kappa shape index (κ2) is 4.97. The molecule has 0 aliphatic rings. The molecule has 0 unspecified atom stereocenters. The van der Waals surface area contributed by atoms with Crippen LogP contribution in [0.2, 0.25) is 0 Å². The van der Waals surface area contributed by atoms with Crippen molar-refractivity contribution in [1.82, 2.24) is 9.78 Å². The summed E-state index contributed by atoms with van der Waals surface area (Å²) in [5, 5.41) is 9.00. The average Bonchev–Trinajstić information content (AvgIpc) is 2.59. The van der Waals surface area contributed by atoms with Gasteiger partial charge in [0.2, 0.25) is 0 Å². The molecule has 4 N–H and O–H groups in total. The van der Waals surface area contributed by atoms with E-state index < -0.39 is 11.8 Å². The molecule has 0 saturated heterocycles. The molecule has 1 aromatic carbocycles. The Balaban J connectivity index is 2.12. The summed E-state index contributed by atoms with van der Waals surface area (Å²) in [5.41, 5.74) is 6.87. The lowest BCUT2D eigenvalue weighted by atomic mass is 10.3. The number of nitrogens with two attached hydrogens (primary N) is 1. The molecule has 0 radical (unpaired) electrons. The molecule has 1 aromatic heterocycles. The van der Waals surface area contributed by atoms with Gasteiger partial charge < -0.3 is 11.1 Å². The maximum absolute atomic E-state index is 13.4. The summed E-state index contributed by atoms with van der Waals surface area (Å²) in [6, 6.07) is 5.31. The molecule has 0 atom stereocenters. The number of nitrogen functional groups attached to an aromatic ring is 1. The number of rotatable bonds is 2. The third kappa shape index (κ3) is 2.65. The molecule has 0 aliphatic heterocycles. The number of nitrogens with one attached hydrogen (secondary N) is 2. The fourth-order valence-corrected chi connectivity index (χ4v) is 1.65. The van der Waals surface area contributed by atoms with Crippen molar-refractivity contribution >= 4 is 23.2 Å². The van der Waals surface area contributed by atoms with Gasteiger partial charge in [-0.1, -0.05) is 12.1 Å². The Labute approximate surface area is 109 Å². The van der Waals surface area contributed by atoms with Crippen molar-refractivity contribution in [3.8, 4) is 0 Å². The van der Waals surface area contributed by atoms with Crippen LogP contribution in [0.4, 0.5) is 26.4 Å². The van der Waals surface area contributed by atoms with Crippen molar-refractivity contribution in [3.63, 3.8) is 0 Å². The number of hydrogen-bond donors (Lipinski definition) is 3. The number of anilines is 3. The summed E-state index contributed by atoms with van der Waals surface area (Å²) < 4.78 is 14.8. The summed E-state index contributed by atoms with van der Waals surface area (Å²) in [6.45, 7) is 1.73. The zero-order chi connectivity index (χ0) is 14.0. The molecular weight excluding hydrogens is 249 g/mol. The van der Waals surface area contributed by atoms with Gasteiger partial charge in [-0.25, -0.2) is 9.18 Å². The zero-order valence-corrected chi connectivity index (χ0v) is 10.6. The minimum absolute atomic E-state index is 0.0949. The van der Waals surface area contributed by atoms with Gasteiger partial charge in [0.25, 0.3) is 0 Å². The van der Waals surface area contributed by atoms with Crippen molar-refractivity contribution in [1.29, 1.82) is 0 Å². The minimum Gasteiger partial charge on any atom is -0.394 e. The number of aromatic nitrogens is 2. The first-order valence-electron chi connectivity index (χ1n) is 5.60. The number of carbonyl (C=O) groups is 1. The first kappa shape index (κ1) is 12.9. The average molecular weight is 263 g/mol. The maximum Gasteiger partial charge on any atom is 0.324 e. The lowest BCUT2D eigenvalue weighted by Crippen LogP contribution is -2.22. The molecule has 0 bridgehead atoms. The number of halogens is 1. The number of urea groups is 1. The standard InChI is InChI=1S/C12H14FN5O/c1-7-10(14)11(18(2)17-7)16-12(19)15-9-6-4-3-5-8(9)13/h3-6H,14H2,1-2H3,(H2,15,16,19). The van der Waals surface area contributed by atoms with Gasteiger partial charge in [-0.3, -0.25) is 10.00 Å². The summed E-state index contributed by atoms with van der Waals surface area (Å²) in [6.07, 6.45) is 0. The quantitative estimate of drug-likeness (QED) is 0.775. The molecule has 19 heavy (non-hydrogen) atoms. The lowest BCUT2D eigenvalue weighted by Gasteiger charge is -2.09. The number of amides is 2. The van der Waals surface area contributed by atoms with Gasteiger partial charge in [0.05, 0.1) is 17.1 Å².